The van der Waals surface area contributed by atoms with Crippen molar-refractivity contribution >= 4 is 21.7 Å². The van der Waals surface area contributed by atoms with Gasteiger partial charge >= 0.3 is 0 Å². The number of rotatable bonds is 0. The van der Waals surface area contributed by atoms with Crippen molar-refractivity contribution in [2.75, 3.05) is 6.26 Å². The van der Waals surface area contributed by atoms with Crippen LogP contribution in [0.1, 0.15) is 32.1 Å². The molecule has 0 spiro atoms. The third kappa shape index (κ3) is 2.97. The van der Waals surface area contributed by atoms with Crippen molar-refractivity contribution in [3.63, 3.8) is 0 Å². The molecule has 1 aromatic carbocycles. The molecule has 0 saturated heterocycles. The predicted octanol–water partition coefficient (Wildman–Crippen LogP) is -0.214. The molecule has 22 heavy (non-hydrogen) atoms. The van der Waals surface area contributed by atoms with E-state index in [-0.39, 0.29) is 11.6 Å². The monoisotopic (exact) mass is 322 g/mol. The second kappa shape index (κ2) is 5.47. The molecule has 0 radical (unpaired) electrons. The predicted molar refractivity (Wildman–Crippen MR) is 75.5 cm³/mol. The van der Waals surface area contributed by atoms with Crippen molar-refractivity contribution in [3.05, 3.63) is 53.1 Å². The van der Waals surface area contributed by atoms with Crippen LogP contribution in [-0.2, 0) is 24.2 Å². The van der Waals surface area contributed by atoms with Crippen LogP contribution in [0.25, 0.3) is 0 Å². The van der Waals surface area contributed by atoms with E-state index in [1.165, 1.54) is 0 Å². The molecule has 0 saturated carbocycles. The number of imidazole rings is 1. The smallest absolute Gasteiger partial charge is 0.244 e. The highest BCUT2D eigenvalue weighted by Gasteiger charge is 2.38. The number of hydrogen-bond acceptors (Lipinski definition) is 5. The summed E-state index contributed by atoms with van der Waals surface area (Å²) in [6.45, 7) is 0. The zero-order chi connectivity index (χ0) is 16.7. The van der Waals surface area contributed by atoms with Gasteiger partial charge in [0, 0.05) is 17.4 Å². The summed E-state index contributed by atoms with van der Waals surface area (Å²) in [6, 6.07) is 6.95. The Morgan fingerprint density at radius 1 is 1.09 bits per heavy atom. The Balaban J connectivity index is 0.000000309. The fraction of sp³-hybridized carbons (Fsp3) is 0.214. The van der Waals surface area contributed by atoms with Crippen LogP contribution in [0.2, 0.25) is 0 Å². The molecule has 0 unspecified atom stereocenters. The van der Waals surface area contributed by atoms with Crippen LogP contribution < -0.4 is 4.57 Å². The van der Waals surface area contributed by atoms with Gasteiger partial charge in [0.25, 0.3) is 0 Å². The summed E-state index contributed by atoms with van der Waals surface area (Å²) < 4.78 is 30.6. The van der Waals surface area contributed by atoms with Gasteiger partial charge in [-0.05, 0) is 0 Å². The van der Waals surface area contributed by atoms with E-state index in [0.29, 0.717) is 28.8 Å². The van der Waals surface area contributed by atoms with Crippen LogP contribution in [0.5, 0.6) is 0 Å². The Kier molecular flexibility index (Phi) is 3.99. The van der Waals surface area contributed by atoms with Gasteiger partial charge < -0.3 is 4.55 Å². The number of benzene rings is 1. The summed E-state index contributed by atoms with van der Waals surface area (Å²) in [4.78, 5) is 24.6. The number of hydrogen-bond donors (Lipinski definition) is 0. The Labute approximate surface area is 127 Å². The van der Waals surface area contributed by atoms with Gasteiger partial charge in [0.1, 0.15) is 0 Å². The van der Waals surface area contributed by atoms with Crippen molar-refractivity contribution < 1.29 is 27.1 Å². The molecule has 0 N–H and O–H groups in total. The molecule has 0 fully saturated rings. The van der Waals surface area contributed by atoms with Crippen molar-refractivity contribution in [1.29, 1.82) is 0 Å². The number of aryl methyl sites for hydroxylation is 2. The summed E-state index contributed by atoms with van der Waals surface area (Å²) in [6.07, 6.45) is 2.35. The summed E-state index contributed by atoms with van der Waals surface area (Å²) in [5.74, 6) is -0.170. The molecule has 1 heterocycles. The second-order valence-corrected chi connectivity index (χ2v) is 6.35. The maximum Gasteiger partial charge on any atom is 0.244 e. The average molecular weight is 322 g/mol. The molecule has 8 heteroatoms. The number of fused-ring (bicyclic) bond motifs is 2. The van der Waals surface area contributed by atoms with Gasteiger partial charge in [-0.3, -0.25) is 9.59 Å². The first-order valence-corrected chi connectivity index (χ1v) is 8.07. The molecule has 0 aliphatic heterocycles. The van der Waals surface area contributed by atoms with E-state index in [1.807, 2.05) is 0 Å². The third-order valence-electron chi connectivity index (χ3n) is 3.12. The summed E-state index contributed by atoms with van der Waals surface area (Å²) in [5.41, 5.74) is 1.92. The molecule has 0 bridgehead atoms. The Bertz CT molecular complexity index is 817. The Morgan fingerprint density at radius 3 is 2.05 bits per heavy atom. The molecular weight excluding hydrogens is 308 g/mol. The zero-order valence-corrected chi connectivity index (χ0v) is 13.0. The van der Waals surface area contributed by atoms with Gasteiger partial charge in [-0.15, -0.1) is 0 Å². The standard InChI is InChI=1S/C13H11N2O2.CH4O3S/c1-14-7-15(2)11-10(14)12(16)8-5-3-4-6-9(8)13(11)17;1-5(2,3)4/h3-7H,1-2H3;1H3,(H,2,3,4)/q+1;/p-1. The lowest BCUT2D eigenvalue weighted by Gasteiger charge is -2.11. The minimum atomic E-state index is -3.92. The van der Waals surface area contributed by atoms with Crippen LogP contribution in [0.3, 0.4) is 0 Å². The van der Waals surface area contributed by atoms with Crippen LogP contribution in [0, 0.1) is 0 Å². The highest BCUT2D eigenvalue weighted by Crippen LogP contribution is 2.24. The maximum atomic E-state index is 12.3. The first kappa shape index (κ1) is 16.1. The van der Waals surface area contributed by atoms with Crippen molar-refractivity contribution in [3.8, 4) is 0 Å². The Hall–Kier alpha value is -2.32. The van der Waals surface area contributed by atoms with Crippen LogP contribution >= 0.6 is 0 Å². The number of ketones is 2. The van der Waals surface area contributed by atoms with Gasteiger partial charge in [0.2, 0.25) is 29.3 Å². The lowest BCUT2D eigenvalue weighted by atomic mass is 9.90. The largest absolute Gasteiger partial charge is 0.748 e. The van der Waals surface area contributed by atoms with Crippen molar-refractivity contribution in [2.24, 2.45) is 14.1 Å². The minimum absolute atomic E-state index is 0.0849. The Morgan fingerprint density at radius 2 is 1.55 bits per heavy atom. The number of nitrogens with zero attached hydrogens (tertiary/aromatic N) is 2. The normalized spacial score (nSPS) is 13.1. The summed E-state index contributed by atoms with van der Waals surface area (Å²) in [7, 11) is -0.365. The van der Waals surface area contributed by atoms with E-state index in [9.17, 15) is 9.59 Å². The highest BCUT2D eigenvalue weighted by molar-refractivity contribution is 7.84. The molecule has 1 aromatic heterocycles. The molecule has 0 amide bonds. The lowest BCUT2D eigenvalue weighted by Crippen LogP contribution is -2.36. The van der Waals surface area contributed by atoms with Crippen LogP contribution in [0.4, 0.5) is 0 Å². The number of aromatic nitrogens is 2. The molecule has 116 valence electrons. The highest BCUT2D eigenvalue weighted by atomic mass is 32.2. The van der Waals surface area contributed by atoms with Crippen LogP contribution in [-0.4, -0.2) is 35.4 Å². The second-order valence-electron chi connectivity index (χ2n) is 4.94. The first-order valence-electron chi connectivity index (χ1n) is 6.25. The summed E-state index contributed by atoms with van der Waals surface area (Å²) >= 11 is 0. The van der Waals surface area contributed by atoms with Gasteiger partial charge in [-0.25, -0.2) is 17.6 Å². The van der Waals surface area contributed by atoms with E-state index in [4.69, 9.17) is 13.0 Å². The molecule has 1 aliphatic rings. The SMILES string of the molecule is CS(=O)(=O)[O-].Cn1c[n+](C)c2c1C(=O)c1ccccc1C2=O. The minimum Gasteiger partial charge on any atom is -0.748 e. The third-order valence-corrected chi connectivity index (χ3v) is 3.12. The van der Waals surface area contributed by atoms with E-state index >= 15 is 0 Å². The van der Waals surface area contributed by atoms with Crippen molar-refractivity contribution in [2.45, 2.75) is 0 Å². The molecule has 0 atom stereocenters. The maximum absolute atomic E-state index is 12.3. The molecule has 1 aliphatic carbocycles. The quantitative estimate of drug-likeness (QED) is 0.421. The van der Waals surface area contributed by atoms with E-state index in [2.05, 4.69) is 0 Å². The molecule has 7 nitrogen and oxygen atoms in total. The van der Waals surface area contributed by atoms with Gasteiger partial charge in [0.15, 0.2) is 0 Å². The van der Waals surface area contributed by atoms with Gasteiger partial charge in [-0.2, -0.15) is 0 Å². The fourth-order valence-electron chi connectivity index (χ4n) is 2.38. The van der Waals surface area contributed by atoms with Gasteiger partial charge in [0.05, 0.1) is 24.2 Å². The van der Waals surface area contributed by atoms with Crippen LogP contribution in [0.15, 0.2) is 30.6 Å². The topological polar surface area (TPSA) is 100 Å². The number of carbonyl (C=O) groups is 2. The number of carbonyl (C=O) groups excluding carboxylic acids is 2. The first-order chi connectivity index (χ1) is 10.1. The van der Waals surface area contributed by atoms with E-state index < -0.39 is 10.1 Å². The zero-order valence-electron chi connectivity index (χ0n) is 12.2. The molecular formula is C14H14N2O5S. The lowest BCUT2D eigenvalue weighted by molar-refractivity contribution is -0.672. The van der Waals surface area contributed by atoms with Gasteiger partial charge in [-0.1, -0.05) is 24.3 Å². The summed E-state index contributed by atoms with van der Waals surface area (Å²) in [5, 5.41) is 0. The molecule has 2 aromatic rings. The average Bonchev–Trinajstić information content (AvgIpc) is 2.69. The fourth-order valence-corrected chi connectivity index (χ4v) is 2.38. The van der Waals surface area contributed by atoms with E-state index in [0.717, 1.165) is 0 Å². The van der Waals surface area contributed by atoms with Crippen molar-refractivity contribution in [1.82, 2.24) is 4.57 Å². The van der Waals surface area contributed by atoms with E-state index in [1.54, 1.807) is 53.8 Å². The molecule has 3 rings (SSSR count).